The van der Waals surface area contributed by atoms with Gasteiger partial charge in [0.25, 0.3) is 0 Å². The minimum absolute atomic E-state index is 0.0340. The molecule has 0 saturated heterocycles. The molecule has 3 atom stereocenters. The fourth-order valence-electron chi connectivity index (χ4n) is 5.04. The predicted octanol–water partition coefficient (Wildman–Crippen LogP) is 11.6. The molecule has 0 aromatic carbocycles. The number of esters is 1. The van der Waals surface area contributed by atoms with Crippen molar-refractivity contribution in [3.05, 3.63) is 97.4 Å². The van der Waals surface area contributed by atoms with E-state index in [4.69, 9.17) is 24.3 Å². The van der Waals surface area contributed by atoms with E-state index in [1.807, 2.05) is 37.3 Å². The fourth-order valence-corrected chi connectivity index (χ4v) is 5.81. The molecule has 0 fully saturated rings. The normalized spacial score (nSPS) is 15.0. The Morgan fingerprint density at radius 3 is 1.76 bits per heavy atom. The van der Waals surface area contributed by atoms with Crippen LogP contribution in [0.5, 0.6) is 0 Å². The summed E-state index contributed by atoms with van der Waals surface area (Å²) in [5.74, 6) is -0.457. The SMILES string of the molecule is CCCCCCCCCCCCCC=CCC=COCC(COP(=O)(O)OCCN)OC(=O)CCC=CCC=CCC=CCC=CCC=CC=CC(O)CC. The molecule has 0 aromatic heterocycles. The van der Waals surface area contributed by atoms with Gasteiger partial charge in [-0.3, -0.25) is 13.8 Å². The van der Waals surface area contributed by atoms with E-state index < -0.39 is 19.9 Å². The van der Waals surface area contributed by atoms with Crippen LogP contribution >= 0.6 is 7.82 Å². The molecule has 0 spiro atoms. The van der Waals surface area contributed by atoms with Crippen molar-refractivity contribution >= 4 is 13.8 Å². The summed E-state index contributed by atoms with van der Waals surface area (Å²) in [5, 5.41) is 9.46. The highest BCUT2D eigenvalue weighted by Gasteiger charge is 2.25. The van der Waals surface area contributed by atoms with Crippen LogP contribution in [0.15, 0.2) is 97.4 Å². The first-order chi connectivity index (χ1) is 26.8. The number of aliphatic hydroxyl groups is 1. The third-order valence-corrected chi connectivity index (χ3v) is 9.24. The van der Waals surface area contributed by atoms with Gasteiger partial charge in [-0.15, -0.1) is 0 Å². The number of hydrogen-bond acceptors (Lipinski definition) is 8. The zero-order chi connectivity index (χ0) is 40.3. The first kappa shape index (κ1) is 52.2. The van der Waals surface area contributed by atoms with E-state index in [1.54, 1.807) is 12.3 Å². The van der Waals surface area contributed by atoms with Gasteiger partial charge in [0.05, 0.1) is 25.6 Å². The van der Waals surface area contributed by atoms with Crippen molar-refractivity contribution in [3.63, 3.8) is 0 Å². The van der Waals surface area contributed by atoms with Crippen molar-refractivity contribution in [2.24, 2.45) is 5.73 Å². The number of nitrogens with two attached hydrogens (primary N) is 1. The summed E-state index contributed by atoms with van der Waals surface area (Å²) < 4.78 is 33.0. The summed E-state index contributed by atoms with van der Waals surface area (Å²) in [4.78, 5) is 22.4. The van der Waals surface area contributed by atoms with Crippen LogP contribution in [0.25, 0.3) is 0 Å². The second kappa shape index (κ2) is 40.9. The maximum atomic E-state index is 12.5. The van der Waals surface area contributed by atoms with Gasteiger partial charge < -0.3 is 25.2 Å². The largest absolute Gasteiger partial charge is 0.498 e. The Morgan fingerprint density at radius 1 is 0.655 bits per heavy atom. The molecule has 0 rings (SSSR count). The van der Waals surface area contributed by atoms with Crippen molar-refractivity contribution in [1.82, 2.24) is 0 Å². The lowest BCUT2D eigenvalue weighted by molar-refractivity contribution is -0.153. The molecule has 4 N–H and O–H groups in total. The summed E-state index contributed by atoms with van der Waals surface area (Å²) in [6.07, 6.45) is 52.0. The summed E-state index contributed by atoms with van der Waals surface area (Å²) in [6.45, 7) is 3.75. The molecule has 0 amide bonds. The Bertz CT molecular complexity index is 1170. The van der Waals surface area contributed by atoms with E-state index in [1.165, 1.54) is 70.6 Å². The van der Waals surface area contributed by atoms with E-state index in [0.717, 1.165) is 44.9 Å². The van der Waals surface area contributed by atoms with Gasteiger partial charge in [-0.25, -0.2) is 4.57 Å². The van der Waals surface area contributed by atoms with Gasteiger partial charge in [0.1, 0.15) is 6.61 Å². The van der Waals surface area contributed by atoms with Crippen molar-refractivity contribution in [1.29, 1.82) is 0 Å². The molecule has 0 saturated carbocycles. The fraction of sp³-hybridized carbons (Fsp3) is 0.622. The van der Waals surface area contributed by atoms with E-state index in [2.05, 4.69) is 61.6 Å². The van der Waals surface area contributed by atoms with Crippen molar-refractivity contribution in [2.75, 3.05) is 26.4 Å². The number of phosphoric ester groups is 1. The highest BCUT2D eigenvalue weighted by molar-refractivity contribution is 7.47. The maximum Gasteiger partial charge on any atom is 0.472 e. The van der Waals surface area contributed by atoms with Crippen LogP contribution in [-0.4, -0.2) is 54.5 Å². The molecule has 0 aromatic rings. The zero-order valence-electron chi connectivity index (χ0n) is 34.2. The van der Waals surface area contributed by atoms with Gasteiger partial charge in [0.2, 0.25) is 0 Å². The van der Waals surface area contributed by atoms with Crippen molar-refractivity contribution < 1.29 is 37.9 Å². The van der Waals surface area contributed by atoms with Gasteiger partial charge in [-0.1, -0.05) is 163 Å². The second-order valence-electron chi connectivity index (χ2n) is 13.4. The van der Waals surface area contributed by atoms with Gasteiger partial charge in [-0.2, -0.15) is 0 Å². The van der Waals surface area contributed by atoms with Crippen molar-refractivity contribution in [2.45, 2.75) is 154 Å². The molecular formula is C45H76NO8P. The summed E-state index contributed by atoms with van der Waals surface area (Å²) in [7, 11) is -4.33. The molecule has 0 aliphatic rings. The second-order valence-corrected chi connectivity index (χ2v) is 14.8. The Kier molecular flexibility index (Phi) is 38.8. The molecule has 10 heteroatoms. The molecule has 55 heavy (non-hydrogen) atoms. The highest BCUT2D eigenvalue weighted by atomic mass is 31.2. The Balaban J connectivity index is 4.32. The highest BCUT2D eigenvalue weighted by Crippen LogP contribution is 2.43. The van der Waals surface area contributed by atoms with E-state index in [-0.39, 0.29) is 38.9 Å². The number of aliphatic hydroxyl groups excluding tert-OH is 1. The van der Waals surface area contributed by atoms with E-state index >= 15 is 0 Å². The lowest BCUT2D eigenvalue weighted by Crippen LogP contribution is -2.27. The lowest BCUT2D eigenvalue weighted by Gasteiger charge is -2.19. The number of carbonyl (C=O) groups excluding carboxylic acids is 1. The number of carbonyl (C=O) groups is 1. The van der Waals surface area contributed by atoms with Crippen LogP contribution in [0.3, 0.4) is 0 Å². The molecule has 0 aliphatic heterocycles. The monoisotopic (exact) mass is 790 g/mol. The molecular weight excluding hydrogens is 713 g/mol. The standard InChI is InChI=1S/C45H76NO8P/c1-3-5-6-7-8-9-10-11-12-17-20-23-26-29-32-35-39-51-41-44(42-53-55(49,50)52-40-38-46)54-45(48)37-34-31-28-25-22-19-16-14-13-15-18-21-24-27-30-33-36-43(47)4-2/h13-14,18-19,21-22,26-31,33,35-36,39,43-44,47H,3-12,15-17,20,23-25,32,34,37-38,40-42,46H2,1-2H3,(H,49,50). The molecule has 0 bridgehead atoms. The topological polar surface area (TPSA) is 138 Å². The first-order valence-corrected chi connectivity index (χ1v) is 22.4. The number of rotatable bonds is 38. The Morgan fingerprint density at radius 2 is 1.18 bits per heavy atom. The number of hydrogen-bond donors (Lipinski definition) is 3. The van der Waals surface area contributed by atoms with Gasteiger partial charge in [0.15, 0.2) is 6.10 Å². The van der Waals surface area contributed by atoms with E-state index in [9.17, 15) is 19.4 Å². The average Bonchev–Trinajstić information content (AvgIpc) is 3.18. The van der Waals surface area contributed by atoms with Crippen LogP contribution in [0.4, 0.5) is 0 Å². The van der Waals surface area contributed by atoms with Crippen LogP contribution in [0, 0.1) is 0 Å². The van der Waals surface area contributed by atoms with Crippen molar-refractivity contribution in [3.8, 4) is 0 Å². The minimum Gasteiger partial charge on any atom is -0.498 e. The van der Waals surface area contributed by atoms with Crippen LogP contribution in [-0.2, 0) is 27.9 Å². The molecule has 3 unspecified atom stereocenters. The minimum atomic E-state index is -4.33. The number of unbranched alkanes of at least 4 members (excludes halogenated alkanes) is 11. The molecule has 0 aliphatic carbocycles. The van der Waals surface area contributed by atoms with Crippen LogP contribution in [0.2, 0.25) is 0 Å². The van der Waals surface area contributed by atoms with Crippen LogP contribution < -0.4 is 5.73 Å². The molecule has 0 radical (unpaired) electrons. The smallest absolute Gasteiger partial charge is 0.472 e. The molecule has 314 valence electrons. The number of phosphoric acid groups is 1. The third kappa shape index (κ3) is 40.7. The maximum absolute atomic E-state index is 12.5. The predicted molar refractivity (Wildman–Crippen MR) is 229 cm³/mol. The number of allylic oxidation sites excluding steroid dienone is 14. The Hall–Kier alpha value is -2.78. The summed E-state index contributed by atoms with van der Waals surface area (Å²) in [6, 6.07) is 0. The number of ether oxygens (including phenoxy) is 2. The third-order valence-electron chi connectivity index (χ3n) is 8.25. The van der Waals surface area contributed by atoms with Gasteiger partial charge in [-0.05, 0) is 63.9 Å². The van der Waals surface area contributed by atoms with Gasteiger partial charge in [0, 0.05) is 13.0 Å². The van der Waals surface area contributed by atoms with E-state index in [0.29, 0.717) is 6.42 Å². The molecule has 9 nitrogen and oxygen atoms in total. The zero-order valence-corrected chi connectivity index (χ0v) is 35.1. The average molecular weight is 790 g/mol. The first-order valence-electron chi connectivity index (χ1n) is 20.9. The summed E-state index contributed by atoms with van der Waals surface area (Å²) >= 11 is 0. The molecule has 0 heterocycles. The Labute approximate surface area is 334 Å². The summed E-state index contributed by atoms with van der Waals surface area (Å²) in [5.41, 5.74) is 5.35. The quantitative estimate of drug-likeness (QED) is 0.0139. The van der Waals surface area contributed by atoms with Crippen LogP contribution in [0.1, 0.15) is 142 Å². The lowest BCUT2D eigenvalue weighted by atomic mass is 10.1. The van der Waals surface area contributed by atoms with Gasteiger partial charge >= 0.3 is 13.8 Å².